The molecule has 0 saturated heterocycles. The zero-order valence-corrected chi connectivity index (χ0v) is 31.6. The molecule has 4 saturated carbocycles. The molecule has 5 rings (SSSR count). The first-order valence-electron chi connectivity index (χ1n) is 19.4. The van der Waals surface area contributed by atoms with Gasteiger partial charge in [-0.2, -0.15) is 0 Å². The second kappa shape index (κ2) is 13.6. The molecule has 5 aliphatic rings. The molecule has 0 heterocycles. The molecule has 8 heteroatoms. The molecule has 5 aliphatic carbocycles. The minimum atomic E-state index is -0.883. The van der Waals surface area contributed by atoms with E-state index in [1.165, 1.54) is 0 Å². The third-order valence-corrected chi connectivity index (χ3v) is 15.4. The van der Waals surface area contributed by atoms with Crippen LogP contribution in [0.3, 0.4) is 0 Å². The number of ether oxygens (including phenoxy) is 1. The van der Waals surface area contributed by atoms with Crippen molar-refractivity contribution in [2.45, 2.75) is 164 Å². The fourth-order valence-corrected chi connectivity index (χ4v) is 12.4. The average molecular weight is 684 g/mol. The van der Waals surface area contributed by atoms with E-state index in [2.05, 4.69) is 59.9 Å². The topological polar surface area (TPSA) is 130 Å². The highest BCUT2D eigenvalue weighted by Crippen LogP contribution is 2.75. The second-order valence-electron chi connectivity index (χ2n) is 18.9. The average Bonchev–Trinajstić information content (AvgIpc) is 3.00. The molecular weight excluding hydrogens is 618 g/mol. The van der Waals surface area contributed by atoms with Gasteiger partial charge in [0.25, 0.3) is 0 Å². The lowest BCUT2D eigenvalue weighted by atomic mass is 9.33. The molecule has 3 N–H and O–H groups in total. The predicted octanol–water partition coefficient (Wildman–Crippen LogP) is 8.72. The maximum atomic E-state index is 14.3. The Hall–Kier alpha value is -2.38. The first-order valence-corrected chi connectivity index (χ1v) is 19.4. The molecule has 0 aromatic carbocycles. The first kappa shape index (κ1) is 37.9. The zero-order valence-electron chi connectivity index (χ0n) is 31.6. The van der Waals surface area contributed by atoms with E-state index in [4.69, 9.17) is 14.9 Å². The molecule has 0 unspecified atom stereocenters. The van der Waals surface area contributed by atoms with Crippen molar-refractivity contribution in [1.29, 1.82) is 0 Å². The molecule has 4 fully saturated rings. The monoisotopic (exact) mass is 683 g/mol. The highest BCUT2D eigenvalue weighted by atomic mass is 16.5. The van der Waals surface area contributed by atoms with Gasteiger partial charge in [-0.15, -0.1) is 0 Å². The van der Waals surface area contributed by atoms with Crippen molar-refractivity contribution in [3.05, 3.63) is 11.6 Å². The van der Waals surface area contributed by atoms with Crippen LogP contribution in [0.1, 0.15) is 158 Å². The lowest BCUT2D eigenvalue weighted by molar-refractivity contribution is -0.213. The quantitative estimate of drug-likeness (QED) is 0.107. The van der Waals surface area contributed by atoms with E-state index >= 15 is 0 Å². The van der Waals surface area contributed by atoms with E-state index in [0.717, 1.165) is 77.0 Å². The van der Waals surface area contributed by atoms with Crippen LogP contribution in [0.2, 0.25) is 0 Å². The van der Waals surface area contributed by atoms with Crippen molar-refractivity contribution in [3.8, 4) is 0 Å². The number of aliphatic carboxylic acids is 2. The standard InChI is InChI=1S/C41H65NO7/c1-36(2)21-23-41(35(48)42-25-10-8-9-12-32(43)44)24-22-39(6)27(28(41)26-36)15-16-30-38(5)19-18-31(49-34(47)14-11-13-33(45)46)37(3,4)29(38)17-20-40(30,39)7/h15,28-31H,8-14,16-26H2,1-7H3,(H,42,48)(H,43,44)(H,45,46)/t28-,29-,30+,31-,38-,39+,40+,41-/m0/s1. The summed E-state index contributed by atoms with van der Waals surface area (Å²) in [5.41, 5.74) is 1.40. The van der Waals surface area contributed by atoms with Gasteiger partial charge in [-0.25, -0.2) is 0 Å². The van der Waals surface area contributed by atoms with Crippen molar-refractivity contribution in [1.82, 2.24) is 5.32 Å². The van der Waals surface area contributed by atoms with Gasteiger partial charge in [-0.3, -0.25) is 19.2 Å². The van der Waals surface area contributed by atoms with E-state index in [0.29, 0.717) is 31.2 Å². The Labute approximate surface area is 295 Å². The first-order chi connectivity index (χ1) is 22.8. The molecule has 8 nitrogen and oxygen atoms in total. The Morgan fingerprint density at radius 2 is 1.45 bits per heavy atom. The molecule has 0 aromatic heterocycles. The van der Waals surface area contributed by atoms with Crippen LogP contribution >= 0.6 is 0 Å². The summed E-state index contributed by atoms with van der Waals surface area (Å²) in [5, 5.41) is 21.3. The largest absolute Gasteiger partial charge is 0.481 e. The van der Waals surface area contributed by atoms with Crippen molar-refractivity contribution in [2.75, 3.05) is 6.54 Å². The lowest BCUT2D eigenvalue weighted by Crippen LogP contribution is -2.65. The van der Waals surface area contributed by atoms with Gasteiger partial charge >= 0.3 is 17.9 Å². The van der Waals surface area contributed by atoms with E-state index in [1.54, 1.807) is 5.57 Å². The Bertz CT molecular complexity index is 1330. The lowest BCUT2D eigenvalue weighted by Gasteiger charge is -2.71. The molecule has 0 aromatic rings. The van der Waals surface area contributed by atoms with Crippen LogP contribution in [0.25, 0.3) is 0 Å². The molecule has 49 heavy (non-hydrogen) atoms. The molecule has 1 amide bonds. The number of carbonyl (C=O) groups is 4. The maximum Gasteiger partial charge on any atom is 0.306 e. The number of carbonyl (C=O) groups excluding carboxylic acids is 2. The Kier molecular flexibility index (Phi) is 10.5. The van der Waals surface area contributed by atoms with E-state index in [-0.39, 0.29) is 75.7 Å². The van der Waals surface area contributed by atoms with Gasteiger partial charge in [-0.05, 0) is 123 Å². The van der Waals surface area contributed by atoms with Crippen LogP contribution in [-0.4, -0.2) is 46.7 Å². The van der Waals surface area contributed by atoms with Gasteiger partial charge in [0.15, 0.2) is 0 Å². The number of esters is 1. The van der Waals surface area contributed by atoms with Crippen molar-refractivity contribution >= 4 is 23.8 Å². The van der Waals surface area contributed by atoms with E-state index < -0.39 is 11.9 Å². The molecule has 276 valence electrons. The minimum absolute atomic E-state index is 0.0141. The number of allylic oxidation sites excluding steroid dienone is 2. The minimum Gasteiger partial charge on any atom is -0.481 e. The molecule has 8 atom stereocenters. The molecular formula is C41H65NO7. The number of carboxylic acid groups (broad SMARTS) is 2. The summed E-state index contributed by atoms with van der Waals surface area (Å²) in [6.45, 7) is 17.6. The fraction of sp³-hybridized carbons (Fsp3) is 0.854. The van der Waals surface area contributed by atoms with Crippen LogP contribution in [0.4, 0.5) is 0 Å². The number of nitrogens with one attached hydrogen (secondary N) is 1. The summed E-state index contributed by atoms with van der Waals surface area (Å²) in [7, 11) is 0. The van der Waals surface area contributed by atoms with Gasteiger partial charge in [0, 0.05) is 31.2 Å². The second-order valence-corrected chi connectivity index (χ2v) is 18.9. The number of carboxylic acids is 2. The highest BCUT2D eigenvalue weighted by Gasteiger charge is 2.69. The predicted molar refractivity (Wildman–Crippen MR) is 190 cm³/mol. The van der Waals surface area contributed by atoms with Crippen LogP contribution in [0.15, 0.2) is 11.6 Å². The highest BCUT2D eigenvalue weighted by molar-refractivity contribution is 5.84. The van der Waals surface area contributed by atoms with Gasteiger partial charge in [0.05, 0.1) is 5.41 Å². The number of fused-ring (bicyclic) bond motifs is 7. The van der Waals surface area contributed by atoms with Crippen LogP contribution in [-0.2, 0) is 23.9 Å². The Morgan fingerprint density at radius 1 is 0.776 bits per heavy atom. The van der Waals surface area contributed by atoms with Crippen LogP contribution < -0.4 is 5.32 Å². The fourth-order valence-electron chi connectivity index (χ4n) is 12.4. The SMILES string of the molecule is CC1(C)CC[C@]2(C(=O)NCCCCCC(=O)O)CC[C@]3(C)C(=CC[C@@H]4[C@@]5(C)CC[C@H](OC(=O)CCCC(=O)O)C(C)(C)[C@@H]5CC[C@]43C)[C@@H]2C1. The number of unbranched alkanes of at least 4 members (excludes halogenated alkanes) is 2. The van der Waals surface area contributed by atoms with E-state index in [9.17, 15) is 19.2 Å². The normalized spacial score (nSPS) is 38.8. The van der Waals surface area contributed by atoms with Crippen LogP contribution in [0.5, 0.6) is 0 Å². The van der Waals surface area contributed by atoms with Gasteiger partial charge in [0.2, 0.25) is 5.91 Å². The zero-order chi connectivity index (χ0) is 36.0. The molecule has 0 radical (unpaired) electrons. The molecule has 0 bridgehead atoms. The maximum absolute atomic E-state index is 14.3. The van der Waals surface area contributed by atoms with Crippen molar-refractivity contribution < 1.29 is 34.1 Å². The number of rotatable bonds is 12. The third-order valence-electron chi connectivity index (χ3n) is 15.4. The number of amides is 1. The van der Waals surface area contributed by atoms with Crippen molar-refractivity contribution in [3.63, 3.8) is 0 Å². The summed E-state index contributed by atoms with van der Waals surface area (Å²) in [5.74, 6) is -0.547. The summed E-state index contributed by atoms with van der Waals surface area (Å²) < 4.78 is 6.11. The molecule has 0 spiro atoms. The summed E-state index contributed by atoms with van der Waals surface area (Å²) in [6, 6.07) is 0. The summed E-state index contributed by atoms with van der Waals surface area (Å²) >= 11 is 0. The van der Waals surface area contributed by atoms with E-state index in [1.807, 2.05) is 0 Å². The summed E-state index contributed by atoms with van der Waals surface area (Å²) in [6.07, 6.45) is 15.4. The van der Waals surface area contributed by atoms with Gasteiger partial charge in [-0.1, -0.05) is 66.5 Å². The Morgan fingerprint density at radius 3 is 2.14 bits per heavy atom. The third kappa shape index (κ3) is 6.72. The number of hydrogen-bond acceptors (Lipinski definition) is 5. The number of hydrogen-bond donors (Lipinski definition) is 3. The van der Waals surface area contributed by atoms with Gasteiger partial charge < -0.3 is 20.3 Å². The smallest absolute Gasteiger partial charge is 0.306 e. The van der Waals surface area contributed by atoms with Crippen LogP contribution in [0, 0.1) is 50.2 Å². The van der Waals surface area contributed by atoms with Crippen molar-refractivity contribution in [2.24, 2.45) is 50.2 Å². The summed E-state index contributed by atoms with van der Waals surface area (Å²) in [4.78, 5) is 48.9. The Balaban J connectivity index is 1.36. The van der Waals surface area contributed by atoms with Gasteiger partial charge in [0.1, 0.15) is 6.10 Å². The molecule has 0 aliphatic heterocycles.